The standard InChI is InChI=1S/C29H34BrN3O5S/c1-20(2)31-29(35)22(4)32(18-23-10-9-11-24(30)17-23)28(34)19-33(26-16-21(3)14-15-27(26)38-5)39(36,37)25-12-7-6-8-13-25/h6-17,20,22H,18-19H2,1-5H3,(H,31,35)/t22-/m1/s1. The fourth-order valence-electron chi connectivity index (χ4n) is 4.05. The fourth-order valence-corrected chi connectivity index (χ4v) is 5.93. The topological polar surface area (TPSA) is 96.0 Å². The molecule has 208 valence electrons. The molecule has 0 saturated heterocycles. The van der Waals surface area contributed by atoms with E-state index >= 15 is 0 Å². The van der Waals surface area contributed by atoms with Gasteiger partial charge >= 0.3 is 0 Å². The van der Waals surface area contributed by atoms with Crippen LogP contribution in [0.5, 0.6) is 5.75 Å². The second-order valence-corrected chi connectivity index (χ2v) is 12.3. The van der Waals surface area contributed by atoms with Crippen LogP contribution in [0.2, 0.25) is 0 Å². The average Bonchev–Trinajstić information content (AvgIpc) is 2.90. The van der Waals surface area contributed by atoms with Crippen LogP contribution >= 0.6 is 15.9 Å². The van der Waals surface area contributed by atoms with Gasteiger partial charge in [-0.25, -0.2) is 8.42 Å². The second-order valence-electron chi connectivity index (χ2n) is 9.49. The van der Waals surface area contributed by atoms with Crippen molar-refractivity contribution in [2.45, 2.75) is 51.2 Å². The lowest BCUT2D eigenvalue weighted by molar-refractivity contribution is -0.139. The molecule has 0 aromatic heterocycles. The first-order chi connectivity index (χ1) is 18.4. The maximum Gasteiger partial charge on any atom is 0.264 e. The Bertz CT molecular complexity index is 1410. The molecule has 39 heavy (non-hydrogen) atoms. The summed E-state index contributed by atoms with van der Waals surface area (Å²) in [6, 6.07) is 19.5. The van der Waals surface area contributed by atoms with Crippen LogP contribution in [-0.4, -0.2) is 50.9 Å². The number of anilines is 1. The van der Waals surface area contributed by atoms with E-state index in [9.17, 15) is 18.0 Å². The molecule has 0 aliphatic rings. The molecule has 10 heteroatoms. The number of sulfonamides is 1. The van der Waals surface area contributed by atoms with Crippen molar-refractivity contribution in [2.24, 2.45) is 0 Å². The summed E-state index contributed by atoms with van der Waals surface area (Å²) in [6.07, 6.45) is 0. The van der Waals surface area contributed by atoms with E-state index in [-0.39, 0.29) is 29.1 Å². The van der Waals surface area contributed by atoms with Gasteiger partial charge in [0.15, 0.2) is 0 Å². The van der Waals surface area contributed by atoms with Crippen molar-refractivity contribution in [1.82, 2.24) is 10.2 Å². The number of hydrogen-bond donors (Lipinski definition) is 1. The molecule has 1 atom stereocenters. The molecule has 3 aromatic rings. The van der Waals surface area contributed by atoms with Crippen LogP contribution < -0.4 is 14.4 Å². The molecule has 0 spiro atoms. The van der Waals surface area contributed by atoms with Gasteiger partial charge < -0.3 is 15.0 Å². The Morgan fingerprint density at radius 2 is 1.67 bits per heavy atom. The number of carbonyl (C=O) groups is 2. The van der Waals surface area contributed by atoms with E-state index in [0.717, 1.165) is 19.9 Å². The molecule has 0 radical (unpaired) electrons. The minimum atomic E-state index is -4.18. The Morgan fingerprint density at radius 3 is 2.28 bits per heavy atom. The van der Waals surface area contributed by atoms with Gasteiger partial charge in [0.2, 0.25) is 11.8 Å². The van der Waals surface area contributed by atoms with E-state index in [4.69, 9.17) is 4.74 Å². The Morgan fingerprint density at radius 1 is 0.974 bits per heavy atom. The summed E-state index contributed by atoms with van der Waals surface area (Å²) in [4.78, 5) is 28.4. The fraction of sp³-hybridized carbons (Fsp3) is 0.310. The largest absolute Gasteiger partial charge is 0.495 e. The first kappa shape index (κ1) is 30.2. The monoisotopic (exact) mass is 615 g/mol. The summed E-state index contributed by atoms with van der Waals surface area (Å²) in [7, 11) is -2.73. The van der Waals surface area contributed by atoms with E-state index in [2.05, 4.69) is 21.2 Å². The number of nitrogens with zero attached hydrogens (tertiary/aromatic N) is 2. The molecule has 0 aliphatic heterocycles. The van der Waals surface area contributed by atoms with E-state index in [1.165, 1.54) is 24.1 Å². The smallest absolute Gasteiger partial charge is 0.264 e. The van der Waals surface area contributed by atoms with Crippen LogP contribution in [0.15, 0.2) is 82.2 Å². The summed E-state index contributed by atoms with van der Waals surface area (Å²) in [5.41, 5.74) is 1.81. The molecule has 3 rings (SSSR count). The number of benzene rings is 3. The molecule has 3 aromatic carbocycles. The number of ether oxygens (including phenoxy) is 1. The number of methoxy groups -OCH3 is 1. The van der Waals surface area contributed by atoms with Gasteiger partial charge in [0, 0.05) is 17.1 Å². The normalized spacial score (nSPS) is 12.1. The molecule has 0 saturated carbocycles. The number of halogens is 1. The third-order valence-corrected chi connectivity index (χ3v) is 8.32. The molecule has 0 bridgehead atoms. The van der Waals surface area contributed by atoms with Gasteiger partial charge in [0.05, 0.1) is 17.7 Å². The van der Waals surface area contributed by atoms with Gasteiger partial charge in [0.25, 0.3) is 10.0 Å². The SMILES string of the molecule is COc1ccc(C)cc1N(CC(=O)N(Cc1cccc(Br)c1)[C@H](C)C(=O)NC(C)C)S(=O)(=O)c1ccccc1. The zero-order chi connectivity index (χ0) is 28.7. The first-order valence-electron chi connectivity index (χ1n) is 12.5. The number of rotatable bonds is 11. The van der Waals surface area contributed by atoms with Crippen molar-refractivity contribution in [3.05, 3.63) is 88.4 Å². The minimum Gasteiger partial charge on any atom is -0.495 e. The van der Waals surface area contributed by atoms with Crippen molar-refractivity contribution >= 4 is 43.5 Å². The molecule has 8 nitrogen and oxygen atoms in total. The molecule has 0 heterocycles. The van der Waals surface area contributed by atoms with E-state index in [1.807, 2.05) is 45.0 Å². The summed E-state index contributed by atoms with van der Waals surface area (Å²) < 4.78 is 35.2. The zero-order valence-corrected chi connectivity index (χ0v) is 25.1. The van der Waals surface area contributed by atoms with Gasteiger partial charge in [0.1, 0.15) is 18.3 Å². The summed E-state index contributed by atoms with van der Waals surface area (Å²) >= 11 is 3.45. The maximum absolute atomic E-state index is 14.0. The number of nitrogens with one attached hydrogen (secondary N) is 1. The molecule has 1 N–H and O–H groups in total. The van der Waals surface area contributed by atoms with Crippen LogP contribution in [0.3, 0.4) is 0 Å². The average molecular weight is 617 g/mol. The van der Waals surface area contributed by atoms with E-state index < -0.39 is 28.5 Å². The molecular weight excluding hydrogens is 582 g/mol. The van der Waals surface area contributed by atoms with Gasteiger partial charge in [-0.1, -0.05) is 52.3 Å². The van der Waals surface area contributed by atoms with Crippen LogP contribution in [0, 0.1) is 6.92 Å². The van der Waals surface area contributed by atoms with Crippen LogP contribution in [0.4, 0.5) is 5.69 Å². The summed E-state index contributed by atoms with van der Waals surface area (Å²) in [6.45, 7) is 6.71. The maximum atomic E-state index is 14.0. The number of carbonyl (C=O) groups excluding carboxylic acids is 2. The third kappa shape index (κ3) is 7.60. The molecule has 2 amide bonds. The lowest BCUT2D eigenvalue weighted by atomic mass is 10.1. The Kier molecular flexibility index (Phi) is 10.2. The molecule has 0 fully saturated rings. The summed E-state index contributed by atoms with van der Waals surface area (Å²) in [5.74, 6) is -0.569. The van der Waals surface area contributed by atoms with Crippen LogP contribution in [-0.2, 0) is 26.2 Å². The van der Waals surface area contributed by atoms with Gasteiger partial charge in [-0.3, -0.25) is 13.9 Å². The predicted octanol–water partition coefficient (Wildman–Crippen LogP) is 4.90. The van der Waals surface area contributed by atoms with Gasteiger partial charge in [-0.15, -0.1) is 0 Å². The quantitative estimate of drug-likeness (QED) is 0.331. The van der Waals surface area contributed by atoms with Crippen molar-refractivity contribution in [1.29, 1.82) is 0 Å². The van der Waals surface area contributed by atoms with E-state index in [1.54, 1.807) is 43.3 Å². The Hall–Kier alpha value is -3.37. The highest BCUT2D eigenvalue weighted by atomic mass is 79.9. The number of aryl methyl sites for hydroxylation is 1. The Balaban J connectivity index is 2.09. The lowest BCUT2D eigenvalue weighted by Gasteiger charge is -2.32. The van der Waals surface area contributed by atoms with Gasteiger partial charge in [-0.2, -0.15) is 0 Å². The van der Waals surface area contributed by atoms with E-state index in [0.29, 0.717) is 5.75 Å². The van der Waals surface area contributed by atoms with Crippen molar-refractivity contribution in [2.75, 3.05) is 18.0 Å². The predicted molar refractivity (Wildman–Crippen MR) is 156 cm³/mol. The van der Waals surface area contributed by atoms with Crippen molar-refractivity contribution in [3.8, 4) is 5.75 Å². The first-order valence-corrected chi connectivity index (χ1v) is 14.7. The van der Waals surface area contributed by atoms with Crippen molar-refractivity contribution in [3.63, 3.8) is 0 Å². The van der Waals surface area contributed by atoms with Crippen LogP contribution in [0.25, 0.3) is 0 Å². The van der Waals surface area contributed by atoms with Crippen molar-refractivity contribution < 1.29 is 22.7 Å². The van der Waals surface area contributed by atoms with Gasteiger partial charge in [-0.05, 0) is 75.2 Å². The highest BCUT2D eigenvalue weighted by Crippen LogP contribution is 2.33. The third-order valence-electron chi connectivity index (χ3n) is 6.05. The highest BCUT2D eigenvalue weighted by Gasteiger charge is 2.34. The van der Waals surface area contributed by atoms with Crippen LogP contribution in [0.1, 0.15) is 31.9 Å². The molecule has 0 unspecified atom stereocenters. The minimum absolute atomic E-state index is 0.0329. The Labute approximate surface area is 239 Å². The number of amides is 2. The molecular formula is C29H34BrN3O5S. The zero-order valence-electron chi connectivity index (χ0n) is 22.7. The summed E-state index contributed by atoms with van der Waals surface area (Å²) in [5, 5.41) is 2.85. The highest BCUT2D eigenvalue weighted by molar-refractivity contribution is 9.10. The molecule has 0 aliphatic carbocycles. The second kappa shape index (κ2) is 13.1. The number of hydrogen-bond acceptors (Lipinski definition) is 5. The lowest BCUT2D eigenvalue weighted by Crippen LogP contribution is -2.52.